The molecular weight excluding hydrogens is 672 g/mol. The summed E-state index contributed by atoms with van der Waals surface area (Å²) in [4.78, 5) is 0. The van der Waals surface area contributed by atoms with Crippen LogP contribution in [0, 0.1) is 0 Å². The van der Waals surface area contributed by atoms with Crippen LogP contribution in [-0.2, 0) is 57.2 Å². The maximum Gasteiger partial charge on any atom is 0.397 e. The maximum atomic E-state index is 11.7. The Morgan fingerprint density at radius 1 is 0.553 bits per heavy atom. The van der Waals surface area contributed by atoms with E-state index in [2.05, 4.69) is 4.18 Å². The highest BCUT2D eigenvalue weighted by Crippen LogP contribution is 2.39. The maximum absolute atomic E-state index is 11.7. The second-order valence-electron chi connectivity index (χ2n) is 11.9. The molecule has 0 radical (unpaired) electrons. The van der Waals surface area contributed by atoms with Gasteiger partial charge in [-0.3, -0.25) is 4.55 Å². The van der Waals surface area contributed by atoms with Crippen LogP contribution in [0.25, 0.3) is 0 Å². The second-order valence-corrected chi connectivity index (χ2v) is 12.9. The number of fused-ring (bicyclic) bond motifs is 4. The Hall–Kier alpha value is -0.850. The monoisotopic (exact) mass is 710 g/mol. The summed E-state index contributed by atoms with van der Waals surface area (Å²) in [6.07, 6.45) is -30.8. The largest absolute Gasteiger partial charge is 0.397 e. The Morgan fingerprint density at radius 2 is 1.11 bits per heavy atom. The van der Waals surface area contributed by atoms with Crippen LogP contribution in [0.5, 0.6) is 0 Å². The molecule has 6 rings (SSSR count). The highest BCUT2D eigenvalue weighted by atomic mass is 32.3. The van der Waals surface area contributed by atoms with Gasteiger partial charge in [0.1, 0.15) is 97.7 Å². The van der Waals surface area contributed by atoms with Gasteiger partial charge < -0.3 is 88.6 Å². The van der Waals surface area contributed by atoms with Gasteiger partial charge in [-0.2, -0.15) is 8.42 Å². The van der Waals surface area contributed by atoms with Crippen LogP contribution in [0.15, 0.2) is 0 Å². The number of aliphatic hydroxyl groups excluding tert-OH is 9. The van der Waals surface area contributed by atoms with E-state index in [1.807, 2.05) is 0 Å². The second kappa shape index (κ2) is 14.0. The molecule has 10 N–H and O–H groups in total. The normalized spacial score (nSPS) is 53.3. The summed E-state index contributed by atoms with van der Waals surface area (Å²) in [6, 6.07) is 0. The lowest BCUT2D eigenvalue weighted by Gasteiger charge is -2.47. The van der Waals surface area contributed by atoms with E-state index in [1.54, 1.807) is 0 Å². The zero-order chi connectivity index (χ0) is 33.9. The van der Waals surface area contributed by atoms with Crippen LogP contribution in [0.4, 0.5) is 0 Å². The van der Waals surface area contributed by atoms with E-state index >= 15 is 0 Å². The van der Waals surface area contributed by atoms with Crippen molar-refractivity contribution in [2.75, 3.05) is 26.4 Å². The van der Waals surface area contributed by atoms with Gasteiger partial charge >= 0.3 is 10.4 Å². The summed E-state index contributed by atoms with van der Waals surface area (Å²) >= 11 is 0. The van der Waals surface area contributed by atoms with Gasteiger partial charge in [0.15, 0.2) is 25.2 Å². The zero-order valence-corrected chi connectivity index (χ0v) is 25.0. The zero-order valence-electron chi connectivity index (χ0n) is 24.2. The third kappa shape index (κ3) is 6.93. The van der Waals surface area contributed by atoms with E-state index in [-0.39, 0.29) is 13.2 Å². The number of hydrogen-bond acceptors (Lipinski definition) is 21. The standard InChI is InChI=1S/C24H38O22S/c25-1-5-9(27)18(11(29)21(33)39-5)44-23-13(31)19-15(8(42-23)4-38-19)43-24-14(32)20(16(6(2-26)40-24)46-47(34,35)36)45-22-12(30)17-10(28)7(41-22)3-37-17/h5-33H,1-4H2,(H,34,35,36)/t5-,6-,7+,8+,9+,10-,11-,12+,13+,14-,15-,16+,17-,18+,19+,20-,21?,22+,23+,24+/m1/s1. The molecule has 6 fully saturated rings. The van der Waals surface area contributed by atoms with E-state index in [0.29, 0.717) is 0 Å². The molecule has 6 heterocycles. The van der Waals surface area contributed by atoms with Gasteiger partial charge in [0, 0.05) is 0 Å². The van der Waals surface area contributed by atoms with E-state index in [9.17, 15) is 58.9 Å². The first kappa shape index (κ1) is 36.0. The molecular formula is C24H38O22S. The fourth-order valence-corrected chi connectivity index (χ4v) is 7.03. The molecule has 272 valence electrons. The van der Waals surface area contributed by atoms with E-state index in [4.69, 9.17) is 42.6 Å². The van der Waals surface area contributed by atoms with Crippen LogP contribution in [-0.4, -0.2) is 208 Å². The fourth-order valence-electron chi connectivity index (χ4n) is 6.52. The van der Waals surface area contributed by atoms with Gasteiger partial charge in [-0.05, 0) is 0 Å². The summed E-state index contributed by atoms with van der Waals surface area (Å²) in [6.45, 7) is -2.01. The average Bonchev–Trinajstić information content (AvgIpc) is 3.48. The van der Waals surface area contributed by atoms with Crippen LogP contribution in [0.3, 0.4) is 0 Å². The average molecular weight is 711 g/mol. The van der Waals surface area contributed by atoms with Gasteiger partial charge in [-0.25, -0.2) is 4.18 Å². The van der Waals surface area contributed by atoms with Crippen molar-refractivity contribution in [3.63, 3.8) is 0 Å². The van der Waals surface area contributed by atoms with Gasteiger partial charge in [-0.15, -0.1) is 0 Å². The van der Waals surface area contributed by atoms with Crippen molar-refractivity contribution in [1.29, 1.82) is 0 Å². The van der Waals surface area contributed by atoms with Gasteiger partial charge in [0.25, 0.3) is 0 Å². The molecule has 20 atom stereocenters. The molecule has 47 heavy (non-hydrogen) atoms. The predicted molar refractivity (Wildman–Crippen MR) is 138 cm³/mol. The summed E-state index contributed by atoms with van der Waals surface area (Å²) in [5.74, 6) is 0. The smallest absolute Gasteiger partial charge is 0.394 e. The van der Waals surface area contributed by atoms with Gasteiger partial charge in [0.05, 0.1) is 26.4 Å². The molecule has 6 saturated heterocycles. The minimum absolute atomic E-state index is 0.110. The van der Waals surface area contributed by atoms with Crippen molar-refractivity contribution in [2.24, 2.45) is 0 Å². The van der Waals surface area contributed by atoms with Crippen molar-refractivity contribution in [3.05, 3.63) is 0 Å². The van der Waals surface area contributed by atoms with Crippen LogP contribution < -0.4 is 0 Å². The fraction of sp³-hybridized carbons (Fsp3) is 1.00. The predicted octanol–water partition coefficient (Wildman–Crippen LogP) is -7.83. The lowest BCUT2D eigenvalue weighted by molar-refractivity contribution is -0.370. The molecule has 0 aromatic heterocycles. The number of hydrogen-bond donors (Lipinski definition) is 10. The minimum Gasteiger partial charge on any atom is -0.394 e. The Morgan fingerprint density at radius 3 is 1.77 bits per heavy atom. The first-order valence-electron chi connectivity index (χ1n) is 14.7. The summed E-state index contributed by atoms with van der Waals surface area (Å²) in [5, 5.41) is 93.4. The first-order valence-corrected chi connectivity index (χ1v) is 16.0. The lowest BCUT2D eigenvalue weighted by Crippen LogP contribution is -2.66. The van der Waals surface area contributed by atoms with Crippen molar-refractivity contribution in [3.8, 4) is 0 Å². The SMILES string of the molecule is O=S(=O)(O)O[C@@H]1[C@H](O[C@@H]2O[C@H]3CO[C@@H]([C@@H]2O)[C@@H]3O)[C@@H](O)[C@H](O[C@H]2[C@H]3OC[C@@H]2O[C@@H](O[C@H]2[C@@H](O)[C@@H](CO)OC(O)[C@@H]2O)[C@H]3O)O[C@@H]1CO. The van der Waals surface area contributed by atoms with Crippen molar-refractivity contribution in [1.82, 2.24) is 0 Å². The molecule has 0 spiro atoms. The van der Waals surface area contributed by atoms with Crippen molar-refractivity contribution >= 4 is 10.4 Å². The quantitative estimate of drug-likeness (QED) is 0.0941. The van der Waals surface area contributed by atoms with E-state index < -0.39 is 146 Å². The summed E-state index contributed by atoms with van der Waals surface area (Å²) < 4.78 is 87.3. The number of aliphatic hydroxyl groups is 9. The molecule has 1 unspecified atom stereocenters. The highest BCUT2D eigenvalue weighted by Gasteiger charge is 2.59. The Labute approximate surface area is 265 Å². The van der Waals surface area contributed by atoms with Gasteiger partial charge in [-0.1, -0.05) is 0 Å². The molecule has 6 aliphatic heterocycles. The Balaban J connectivity index is 1.17. The van der Waals surface area contributed by atoms with E-state index in [0.717, 1.165) is 0 Å². The molecule has 0 aliphatic carbocycles. The molecule has 0 saturated carbocycles. The lowest BCUT2D eigenvalue weighted by atomic mass is 9.96. The van der Waals surface area contributed by atoms with Crippen molar-refractivity contribution in [2.45, 2.75) is 123 Å². The number of ether oxygens (including phenoxy) is 9. The van der Waals surface area contributed by atoms with Crippen LogP contribution >= 0.6 is 0 Å². The highest BCUT2D eigenvalue weighted by molar-refractivity contribution is 7.80. The summed E-state index contributed by atoms with van der Waals surface area (Å²) in [5.41, 5.74) is 0. The van der Waals surface area contributed by atoms with Gasteiger partial charge in [0.2, 0.25) is 0 Å². The molecule has 22 nitrogen and oxygen atoms in total. The van der Waals surface area contributed by atoms with Crippen molar-refractivity contribution < 1.29 is 106 Å². The Bertz CT molecular complexity index is 1180. The molecule has 0 aromatic carbocycles. The third-order valence-electron chi connectivity index (χ3n) is 8.90. The molecule has 4 bridgehead atoms. The number of rotatable bonds is 10. The van der Waals surface area contributed by atoms with Crippen LogP contribution in [0.1, 0.15) is 0 Å². The topological polar surface area (TPSA) is 329 Å². The molecule has 23 heteroatoms. The van der Waals surface area contributed by atoms with Crippen LogP contribution in [0.2, 0.25) is 0 Å². The molecule has 0 aromatic rings. The molecule has 0 amide bonds. The minimum atomic E-state index is -5.24. The Kier molecular flexibility index (Phi) is 10.7. The molecule has 6 aliphatic rings. The third-order valence-corrected chi connectivity index (χ3v) is 9.37. The first-order chi connectivity index (χ1) is 22.2. The van der Waals surface area contributed by atoms with E-state index in [1.165, 1.54) is 0 Å². The summed E-state index contributed by atoms with van der Waals surface area (Å²) in [7, 11) is -5.24.